The summed E-state index contributed by atoms with van der Waals surface area (Å²) >= 11 is 18.1. The fraction of sp³-hybridized carbons (Fsp3) is 0.212. The highest BCUT2D eigenvalue weighted by atomic mass is 35.5. The van der Waals surface area contributed by atoms with Crippen molar-refractivity contribution in [2.24, 2.45) is 5.92 Å². The summed E-state index contributed by atoms with van der Waals surface area (Å²) in [5.41, 5.74) is 9.42. The molecule has 4 aliphatic heterocycles. The molecule has 4 saturated heterocycles. The lowest BCUT2D eigenvalue weighted by Crippen LogP contribution is -2.30. The normalized spacial score (nSPS) is 16.8. The zero-order valence-corrected chi connectivity index (χ0v) is 58.0. The zero-order valence-electron chi connectivity index (χ0n) is 55.7. The minimum Gasteiger partial charge on any atom is -0.355 e. The molecule has 520 valence electrons. The number of carbonyl (C=O) groups is 4. The van der Waals surface area contributed by atoms with Crippen LogP contribution in [0, 0.1) is 16.0 Å². The van der Waals surface area contributed by atoms with Crippen molar-refractivity contribution in [3.8, 4) is 45.3 Å². The first-order chi connectivity index (χ1) is 50.3. The van der Waals surface area contributed by atoms with Gasteiger partial charge in [-0.1, -0.05) is 177 Å². The molecular weight excluding hydrogens is 1370 g/mol. The number of hydrogen-bond acceptors (Lipinski definition) is 15. The Morgan fingerprint density at radius 1 is 0.437 bits per heavy atom. The van der Waals surface area contributed by atoms with Crippen molar-refractivity contribution in [1.82, 2.24) is 45.2 Å². The molecule has 9 heterocycles. The van der Waals surface area contributed by atoms with E-state index in [9.17, 15) is 29.3 Å². The summed E-state index contributed by atoms with van der Waals surface area (Å²) in [6, 6.07) is 64.3. The van der Waals surface area contributed by atoms with Gasteiger partial charge in [0.2, 0.25) is 0 Å². The van der Waals surface area contributed by atoms with E-state index in [0.717, 1.165) is 86.1 Å². The van der Waals surface area contributed by atoms with Gasteiger partial charge in [0.15, 0.2) is 23.0 Å². The second-order valence-electron chi connectivity index (χ2n) is 25.4. The second kappa shape index (κ2) is 33.0. The van der Waals surface area contributed by atoms with Crippen LogP contribution in [-0.4, -0.2) is 120 Å². The lowest BCUT2D eigenvalue weighted by atomic mass is 9.99. The fourth-order valence-electron chi connectivity index (χ4n) is 13.6. The summed E-state index contributed by atoms with van der Waals surface area (Å²) in [5, 5.41) is 27.9. The number of aromatic nitrogens is 5. The Hall–Kier alpha value is -11.3. The average molecular weight is 1440 g/mol. The molecular formula is C80H69Cl3N10O10. The van der Waals surface area contributed by atoms with E-state index in [4.69, 9.17) is 52.9 Å². The molecule has 4 fully saturated rings. The third kappa shape index (κ3) is 16.9. The maximum atomic E-state index is 13.2. The maximum absolute atomic E-state index is 13.2. The van der Waals surface area contributed by atoms with Gasteiger partial charge in [-0.2, -0.15) is 0 Å². The number of non-ortho nitro benzene ring substituents is 1. The molecule has 4 unspecified atom stereocenters. The van der Waals surface area contributed by atoms with Crippen molar-refractivity contribution < 1.29 is 42.2 Å². The van der Waals surface area contributed by atoms with Gasteiger partial charge in [-0.15, -0.1) is 0 Å². The molecule has 0 radical (unpaired) electrons. The van der Waals surface area contributed by atoms with E-state index in [0.29, 0.717) is 104 Å². The Morgan fingerprint density at radius 2 is 0.893 bits per heavy atom. The molecule has 0 bridgehead atoms. The fourth-order valence-corrected chi connectivity index (χ4v) is 14.1. The van der Waals surface area contributed by atoms with Gasteiger partial charge in [0.1, 0.15) is 22.3 Å². The highest BCUT2D eigenvalue weighted by Crippen LogP contribution is 2.38. The Morgan fingerprint density at radius 3 is 1.41 bits per heavy atom. The topological polar surface area (TPSA) is 241 Å². The maximum Gasteiger partial charge on any atom is 0.269 e. The first-order valence-electron chi connectivity index (χ1n) is 33.8. The number of carbonyl (C=O) groups excluding carboxylic acids is 4. The van der Waals surface area contributed by atoms with E-state index in [-0.39, 0.29) is 41.3 Å². The van der Waals surface area contributed by atoms with Crippen molar-refractivity contribution in [1.29, 1.82) is 0 Å². The molecule has 5 aromatic heterocycles. The molecule has 4 amide bonds. The molecule has 7 aromatic carbocycles. The zero-order chi connectivity index (χ0) is 71.2. The molecule has 0 N–H and O–H groups in total. The number of likely N-dealkylation sites (tertiary alicyclic amines) is 4. The summed E-state index contributed by atoms with van der Waals surface area (Å²) in [7, 11) is 0. The Bertz CT molecular complexity index is 4870. The van der Waals surface area contributed by atoms with Gasteiger partial charge in [0.05, 0.1) is 35.8 Å². The number of nitro groups is 1. The Labute approximate surface area is 608 Å². The van der Waals surface area contributed by atoms with Crippen molar-refractivity contribution in [3.63, 3.8) is 0 Å². The van der Waals surface area contributed by atoms with Crippen LogP contribution in [-0.2, 0) is 6.42 Å². The second-order valence-corrected chi connectivity index (χ2v) is 26.7. The van der Waals surface area contributed by atoms with Gasteiger partial charge in [-0.05, 0) is 134 Å². The third-order valence-electron chi connectivity index (χ3n) is 18.8. The van der Waals surface area contributed by atoms with E-state index >= 15 is 0 Å². The van der Waals surface area contributed by atoms with Crippen LogP contribution in [0.15, 0.2) is 255 Å². The minimum absolute atomic E-state index is 0.0172. The number of pyridine rings is 1. The van der Waals surface area contributed by atoms with Crippen molar-refractivity contribution in [2.75, 3.05) is 45.8 Å². The molecule has 4 atom stereocenters. The standard InChI is InChI=1S/C21H19ClN2O2.C20H17ClN2O2.C20H17N3O4.C19H16ClN3O2/c22-18-8-6-17(7-9-18)20-19(13-23-26-20)21(25)24-11-10-16(14-24)12-15-4-2-1-3-5-15;21-16-9-4-8-15(12-16)19-17(13-22-25-19)20(24)23-11-5-10-18(23)14-6-2-1-3-7-14;24-20(22-11-10-16(13-22)14-4-2-1-3-5-14)18-12-21-27-19(18)15-6-8-17(9-7-15)23(25)26;20-15-5-3-4-13(10-15)18-16(11-22-25-18)19(24)23-9-7-14(12-23)17-6-1-2-8-21-17/h1-9,13,16H,10-12,14H2;1-4,6-9,12-13,18H,5,10-11H2;1-9,12,16H,10-11,13H2;1-6,8,10-11,14H,7,9,12H2. The van der Waals surface area contributed by atoms with Gasteiger partial charge in [-0.3, -0.25) is 34.3 Å². The van der Waals surface area contributed by atoms with Gasteiger partial charge in [0, 0.05) is 119 Å². The van der Waals surface area contributed by atoms with Crippen molar-refractivity contribution in [2.45, 2.75) is 56.4 Å². The third-order valence-corrected chi connectivity index (χ3v) is 19.5. The van der Waals surface area contributed by atoms with Gasteiger partial charge >= 0.3 is 0 Å². The van der Waals surface area contributed by atoms with Crippen LogP contribution < -0.4 is 0 Å². The molecule has 12 aromatic rings. The van der Waals surface area contributed by atoms with E-state index in [2.05, 4.69) is 74.1 Å². The molecule has 20 nitrogen and oxygen atoms in total. The predicted molar refractivity (Wildman–Crippen MR) is 390 cm³/mol. The number of hydrogen-bond donors (Lipinski definition) is 0. The number of rotatable bonds is 14. The smallest absolute Gasteiger partial charge is 0.269 e. The summed E-state index contributed by atoms with van der Waals surface area (Å²) in [5.74, 6) is 2.53. The van der Waals surface area contributed by atoms with Gasteiger partial charge in [0.25, 0.3) is 29.3 Å². The number of benzene rings is 7. The highest BCUT2D eigenvalue weighted by Gasteiger charge is 2.36. The molecule has 0 aliphatic carbocycles. The predicted octanol–water partition coefficient (Wildman–Crippen LogP) is 17.6. The van der Waals surface area contributed by atoms with Crippen LogP contribution in [0.25, 0.3) is 45.3 Å². The van der Waals surface area contributed by atoms with Crippen LogP contribution in [0.2, 0.25) is 15.1 Å². The van der Waals surface area contributed by atoms with Crippen LogP contribution in [0.3, 0.4) is 0 Å². The Kier molecular flexibility index (Phi) is 22.5. The summed E-state index contributed by atoms with van der Waals surface area (Å²) in [6.45, 7) is 4.92. The van der Waals surface area contributed by atoms with Crippen LogP contribution >= 0.6 is 34.8 Å². The summed E-state index contributed by atoms with van der Waals surface area (Å²) in [6.07, 6.45) is 13.5. The quantitative estimate of drug-likeness (QED) is 0.0726. The summed E-state index contributed by atoms with van der Waals surface area (Å²) < 4.78 is 21.3. The van der Waals surface area contributed by atoms with E-state index < -0.39 is 4.92 Å². The largest absolute Gasteiger partial charge is 0.355 e. The highest BCUT2D eigenvalue weighted by molar-refractivity contribution is 6.31. The number of nitro benzene ring substituents is 1. The number of halogens is 3. The molecule has 103 heavy (non-hydrogen) atoms. The van der Waals surface area contributed by atoms with Crippen molar-refractivity contribution in [3.05, 3.63) is 307 Å². The van der Waals surface area contributed by atoms with Gasteiger partial charge < -0.3 is 37.7 Å². The Balaban J connectivity index is 0.000000122. The molecule has 4 aliphatic rings. The van der Waals surface area contributed by atoms with Gasteiger partial charge in [-0.25, -0.2) is 0 Å². The van der Waals surface area contributed by atoms with E-state index in [1.807, 2.05) is 112 Å². The minimum atomic E-state index is -0.468. The molecule has 0 saturated carbocycles. The number of nitrogens with zero attached hydrogens (tertiary/aromatic N) is 10. The molecule has 23 heteroatoms. The molecule has 0 spiro atoms. The lowest BCUT2D eigenvalue weighted by molar-refractivity contribution is -0.384. The van der Waals surface area contributed by atoms with Crippen LogP contribution in [0.5, 0.6) is 0 Å². The monoisotopic (exact) mass is 1430 g/mol. The van der Waals surface area contributed by atoms with Crippen molar-refractivity contribution >= 4 is 64.1 Å². The average Bonchev–Trinajstić information content (AvgIpc) is 1.70. The lowest BCUT2D eigenvalue weighted by Gasteiger charge is -2.24. The first kappa shape index (κ1) is 70.1. The molecule has 16 rings (SSSR count). The van der Waals surface area contributed by atoms with E-state index in [1.54, 1.807) is 59.6 Å². The van der Waals surface area contributed by atoms with E-state index in [1.165, 1.54) is 48.0 Å². The van der Waals surface area contributed by atoms with Crippen LogP contribution in [0.1, 0.15) is 114 Å². The van der Waals surface area contributed by atoms with Crippen LogP contribution in [0.4, 0.5) is 5.69 Å². The SMILES string of the molecule is O=C(c1cnoc1-c1ccc(Cl)cc1)N1CCC(Cc2ccccc2)C1.O=C(c1cnoc1-c1ccc([N+](=O)[O-])cc1)N1CCC(c2ccccc2)C1.O=C(c1cnoc1-c1cccc(Cl)c1)N1CCC(c2ccccn2)C1.O=C(c1cnoc1-c1cccc(Cl)c1)N1CCCC1c1ccccc1. The summed E-state index contributed by atoms with van der Waals surface area (Å²) in [4.78, 5) is 74.2. The number of amides is 4. The first-order valence-corrected chi connectivity index (χ1v) is 35.0.